The van der Waals surface area contributed by atoms with Crippen LogP contribution in [-0.4, -0.2) is 24.1 Å². The normalized spacial score (nSPS) is 10.7. The minimum absolute atomic E-state index is 0.0640. The van der Waals surface area contributed by atoms with Crippen molar-refractivity contribution in [1.82, 2.24) is 10.2 Å². The van der Waals surface area contributed by atoms with Crippen molar-refractivity contribution in [3.63, 3.8) is 0 Å². The molecular weight excluding hydrogens is 333 g/mol. The lowest BCUT2D eigenvalue weighted by molar-refractivity contribution is 0.401. The summed E-state index contributed by atoms with van der Waals surface area (Å²) in [7, 11) is 4.07. The Labute approximate surface area is 146 Å². The molecule has 0 aliphatic heterocycles. The van der Waals surface area contributed by atoms with Gasteiger partial charge in [0, 0.05) is 18.8 Å². The zero-order valence-corrected chi connectivity index (χ0v) is 14.6. The maximum absolute atomic E-state index is 13.1. The second-order valence-corrected chi connectivity index (χ2v) is 6.26. The lowest BCUT2D eigenvalue weighted by Gasteiger charge is -2.16. The first-order valence-electron chi connectivity index (χ1n) is 7.17. The summed E-state index contributed by atoms with van der Waals surface area (Å²) in [5.74, 6) is -0.450. The Bertz CT molecular complexity index is 691. The number of rotatable bonds is 5. The van der Waals surface area contributed by atoms with E-state index in [4.69, 9.17) is 23.8 Å². The predicted octanol–water partition coefficient (Wildman–Crippen LogP) is 4.03. The van der Waals surface area contributed by atoms with Crippen LogP contribution in [0.2, 0.25) is 5.02 Å². The number of anilines is 1. The molecule has 0 aromatic heterocycles. The molecule has 0 aliphatic rings. The maximum Gasteiger partial charge on any atom is 0.171 e. The molecule has 0 saturated carbocycles. The van der Waals surface area contributed by atoms with Gasteiger partial charge in [-0.3, -0.25) is 0 Å². The molecule has 0 radical (unpaired) electrons. The van der Waals surface area contributed by atoms with Crippen molar-refractivity contribution < 1.29 is 4.39 Å². The molecule has 6 heteroatoms. The molecule has 0 atom stereocenters. The second kappa shape index (κ2) is 8.24. The summed E-state index contributed by atoms with van der Waals surface area (Å²) in [6.45, 7) is 1.48. The summed E-state index contributed by atoms with van der Waals surface area (Å²) in [6.07, 6.45) is 0. The number of nitrogens with one attached hydrogen (secondary N) is 2. The van der Waals surface area contributed by atoms with Gasteiger partial charge < -0.3 is 15.5 Å². The zero-order chi connectivity index (χ0) is 16.8. The summed E-state index contributed by atoms with van der Waals surface area (Å²) in [5.41, 5.74) is 3.08. The summed E-state index contributed by atoms with van der Waals surface area (Å²) in [6, 6.07) is 12.6. The molecule has 0 fully saturated rings. The highest BCUT2D eigenvalue weighted by Crippen LogP contribution is 2.19. The standard InChI is InChI=1S/C17H19ClFN3S/c1-22(2)11-13-6-4-3-5-12(13)10-20-17(23)21-14-7-8-16(19)15(18)9-14/h3-9H,10-11H2,1-2H3,(H2,20,21,23). The van der Waals surface area contributed by atoms with Crippen LogP contribution in [0.5, 0.6) is 0 Å². The van der Waals surface area contributed by atoms with Gasteiger partial charge in [0.05, 0.1) is 5.02 Å². The minimum atomic E-state index is -0.450. The topological polar surface area (TPSA) is 27.3 Å². The van der Waals surface area contributed by atoms with Crippen molar-refractivity contribution in [1.29, 1.82) is 0 Å². The Balaban J connectivity index is 1.95. The summed E-state index contributed by atoms with van der Waals surface area (Å²) in [5, 5.41) is 6.69. The lowest BCUT2D eigenvalue weighted by atomic mass is 10.1. The monoisotopic (exact) mass is 351 g/mol. The van der Waals surface area contributed by atoms with Gasteiger partial charge in [-0.1, -0.05) is 35.9 Å². The van der Waals surface area contributed by atoms with Gasteiger partial charge in [0.2, 0.25) is 0 Å². The average molecular weight is 352 g/mol. The van der Waals surface area contributed by atoms with E-state index in [-0.39, 0.29) is 5.02 Å². The van der Waals surface area contributed by atoms with E-state index in [2.05, 4.69) is 27.7 Å². The largest absolute Gasteiger partial charge is 0.358 e. The fourth-order valence-corrected chi connectivity index (χ4v) is 2.52. The van der Waals surface area contributed by atoms with Crippen LogP contribution in [0, 0.1) is 5.82 Å². The molecule has 0 bridgehead atoms. The SMILES string of the molecule is CN(C)Cc1ccccc1CNC(=S)Nc1ccc(F)c(Cl)c1. The molecule has 0 aliphatic carbocycles. The third-order valence-electron chi connectivity index (χ3n) is 3.22. The highest BCUT2D eigenvalue weighted by atomic mass is 35.5. The van der Waals surface area contributed by atoms with E-state index in [9.17, 15) is 4.39 Å². The molecule has 3 nitrogen and oxygen atoms in total. The average Bonchev–Trinajstić information content (AvgIpc) is 2.49. The van der Waals surface area contributed by atoms with Crippen molar-refractivity contribution in [2.45, 2.75) is 13.1 Å². The Morgan fingerprint density at radius 1 is 1.17 bits per heavy atom. The van der Waals surface area contributed by atoms with Crippen LogP contribution in [-0.2, 0) is 13.1 Å². The van der Waals surface area contributed by atoms with Gasteiger partial charge in [0.25, 0.3) is 0 Å². The third-order valence-corrected chi connectivity index (χ3v) is 3.76. The first kappa shape index (κ1) is 17.7. The highest BCUT2D eigenvalue weighted by Gasteiger charge is 2.05. The smallest absolute Gasteiger partial charge is 0.171 e. The zero-order valence-electron chi connectivity index (χ0n) is 13.1. The van der Waals surface area contributed by atoms with E-state index in [0.29, 0.717) is 17.3 Å². The molecular formula is C17H19ClFN3S. The van der Waals surface area contributed by atoms with Crippen LogP contribution in [0.15, 0.2) is 42.5 Å². The predicted molar refractivity (Wildman–Crippen MR) is 98.3 cm³/mol. The molecule has 0 amide bonds. The second-order valence-electron chi connectivity index (χ2n) is 5.44. The quantitative estimate of drug-likeness (QED) is 0.795. The van der Waals surface area contributed by atoms with E-state index in [1.165, 1.54) is 23.3 Å². The number of hydrogen-bond donors (Lipinski definition) is 2. The van der Waals surface area contributed by atoms with Gasteiger partial charge >= 0.3 is 0 Å². The van der Waals surface area contributed by atoms with Crippen molar-refractivity contribution in [3.8, 4) is 0 Å². The van der Waals surface area contributed by atoms with E-state index in [1.807, 2.05) is 26.2 Å². The van der Waals surface area contributed by atoms with E-state index >= 15 is 0 Å². The van der Waals surface area contributed by atoms with Crippen LogP contribution in [0.3, 0.4) is 0 Å². The van der Waals surface area contributed by atoms with Gasteiger partial charge in [-0.25, -0.2) is 4.39 Å². The first-order chi connectivity index (χ1) is 11.0. The number of nitrogens with zero attached hydrogens (tertiary/aromatic N) is 1. The van der Waals surface area contributed by atoms with Gasteiger partial charge in [-0.2, -0.15) is 0 Å². The van der Waals surface area contributed by atoms with Crippen molar-refractivity contribution in [2.24, 2.45) is 0 Å². The fraction of sp³-hybridized carbons (Fsp3) is 0.235. The molecule has 23 heavy (non-hydrogen) atoms. The molecule has 2 N–H and O–H groups in total. The van der Waals surface area contributed by atoms with Crippen LogP contribution < -0.4 is 10.6 Å². The van der Waals surface area contributed by atoms with Crippen LogP contribution in [0.1, 0.15) is 11.1 Å². The van der Waals surface area contributed by atoms with Gasteiger partial charge in [-0.05, 0) is 55.6 Å². The van der Waals surface area contributed by atoms with Crippen molar-refractivity contribution in [3.05, 3.63) is 64.4 Å². The Kier molecular flexibility index (Phi) is 6.33. The Hall–Kier alpha value is -1.69. The Morgan fingerprint density at radius 3 is 2.52 bits per heavy atom. The Morgan fingerprint density at radius 2 is 1.87 bits per heavy atom. The molecule has 0 saturated heterocycles. The number of thiocarbonyl (C=S) groups is 1. The summed E-state index contributed by atoms with van der Waals surface area (Å²) >= 11 is 11.0. The lowest BCUT2D eigenvalue weighted by Crippen LogP contribution is -2.28. The van der Waals surface area contributed by atoms with Crippen LogP contribution in [0.25, 0.3) is 0 Å². The van der Waals surface area contributed by atoms with Crippen LogP contribution >= 0.6 is 23.8 Å². The molecule has 2 rings (SSSR count). The molecule has 2 aromatic carbocycles. The third kappa shape index (κ3) is 5.46. The molecule has 2 aromatic rings. The van der Waals surface area contributed by atoms with E-state index in [1.54, 1.807) is 6.07 Å². The van der Waals surface area contributed by atoms with Crippen molar-refractivity contribution in [2.75, 3.05) is 19.4 Å². The van der Waals surface area contributed by atoms with Crippen molar-refractivity contribution >= 4 is 34.6 Å². The molecule has 0 spiro atoms. The molecule has 0 unspecified atom stereocenters. The number of halogens is 2. The number of benzene rings is 2. The minimum Gasteiger partial charge on any atom is -0.358 e. The molecule has 122 valence electrons. The van der Waals surface area contributed by atoms with E-state index < -0.39 is 5.82 Å². The molecule has 0 heterocycles. The van der Waals surface area contributed by atoms with Gasteiger partial charge in [0.15, 0.2) is 5.11 Å². The summed E-state index contributed by atoms with van der Waals surface area (Å²) < 4.78 is 13.1. The first-order valence-corrected chi connectivity index (χ1v) is 7.96. The highest BCUT2D eigenvalue weighted by molar-refractivity contribution is 7.80. The summed E-state index contributed by atoms with van der Waals surface area (Å²) in [4.78, 5) is 2.12. The van der Waals surface area contributed by atoms with Gasteiger partial charge in [0.1, 0.15) is 5.82 Å². The van der Waals surface area contributed by atoms with Crippen LogP contribution in [0.4, 0.5) is 10.1 Å². The van der Waals surface area contributed by atoms with Gasteiger partial charge in [-0.15, -0.1) is 0 Å². The van der Waals surface area contributed by atoms with E-state index in [0.717, 1.165) is 6.54 Å². The maximum atomic E-state index is 13.1. The number of hydrogen-bond acceptors (Lipinski definition) is 2. The fourth-order valence-electron chi connectivity index (χ4n) is 2.15.